The van der Waals surface area contributed by atoms with Crippen LogP contribution in [0.15, 0.2) is 48.7 Å². The van der Waals surface area contributed by atoms with Crippen molar-refractivity contribution in [2.45, 2.75) is 12.6 Å². The van der Waals surface area contributed by atoms with E-state index in [9.17, 15) is 13.2 Å². The Morgan fingerprint density at radius 3 is 2.43 bits per heavy atom. The molecule has 0 amide bonds. The van der Waals surface area contributed by atoms with E-state index in [1.54, 1.807) is 16.8 Å². The molecule has 0 radical (unpaired) electrons. The Morgan fingerprint density at radius 2 is 1.82 bits per heavy atom. The normalized spacial score (nSPS) is 12.0. The number of fused-ring (bicyclic) bond motifs is 1. The molecule has 0 aliphatic heterocycles. The first-order valence-electron chi connectivity index (χ1n) is 8.33. The zero-order valence-corrected chi connectivity index (χ0v) is 15.8. The summed E-state index contributed by atoms with van der Waals surface area (Å²) in [7, 11) is 0. The van der Waals surface area contributed by atoms with Crippen LogP contribution in [0, 0.1) is 0 Å². The molecule has 2 heterocycles. The molecule has 0 fully saturated rings. The van der Waals surface area contributed by atoms with E-state index in [0.717, 1.165) is 23.7 Å². The molecular weight excluding hydrogens is 412 g/mol. The lowest BCUT2D eigenvalue weighted by Crippen LogP contribution is -2.06. The van der Waals surface area contributed by atoms with Gasteiger partial charge in [-0.15, -0.1) is 11.6 Å². The third-order valence-corrected chi connectivity index (χ3v) is 4.86. The van der Waals surface area contributed by atoms with Crippen molar-refractivity contribution in [1.82, 2.24) is 19.7 Å². The summed E-state index contributed by atoms with van der Waals surface area (Å²) in [5.74, 6) is 0.915. The van der Waals surface area contributed by atoms with Crippen molar-refractivity contribution in [3.63, 3.8) is 0 Å². The molecule has 0 unspecified atom stereocenters. The van der Waals surface area contributed by atoms with Crippen LogP contribution in [-0.4, -0.2) is 25.6 Å². The number of aromatic nitrogens is 4. The summed E-state index contributed by atoms with van der Waals surface area (Å²) in [6.07, 6.45) is -2.22. The van der Waals surface area contributed by atoms with Crippen LogP contribution in [0.3, 0.4) is 0 Å². The van der Waals surface area contributed by atoms with Crippen LogP contribution in [0.4, 0.5) is 13.2 Å². The number of imidazole rings is 1. The standard InChI is InChI=1S/C19H13Cl2F3N4/c20-7-5-11-1-3-12(4-2-11)28-17-10-14(21)13(19(22,23)24)9-16(17)26-18(28)15-6-8-25-27-15/h1-4,6,8-10H,5,7H2,(H,25,27). The maximum atomic E-state index is 13.3. The van der Waals surface area contributed by atoms with Gasteiger partial charge < -0.3 is 0 Å². The maximum Gasteiger partial charge on any atom is 0.417 e. The first-order chi connectivity index (χ1) is 13.4. The minimum atomic E-state index is -4.56. The van der Waals surface area contributed by atoms with Gasteiger partial charge in [0.25, 0.3) is 0 Å². The van der Waals surface area contributed by atoms with Crippen LogP contribution < -0.4 is 0 Å². The number of H-pyrrole nitrogens is 1. The number of aromatic amines is 1. The summed E-state index contributed by atoms with van der Waals surface area (Å²) in [6.45, 7) is 0. The quantitative estimate of drug-likeness (QED) is 0.416. The number of halogens is 5. The SMILES string of the molecule is FC(F)(F)c1cc2nc(-c3cc[nH]n3)n(-c3ccc(CCCl)cc3)c2cc1Cl. The highest BCUT2D eigenvalue weighted by molar-refractivity contribution is 6.32. The number of aryl methyl sites for hydroxylation is 1. The molecule has 4 rings (SSSR count). The van der Waals surface area contributed by atoms with Gasteiger partial charge in [-0.05, 0) is 42.3 Å². The van der Waals surface area contributed by atoms with Gasteiger partial charge in [-0.1, -0.05) is 23.7 Å². The van der Waals surface area contributed by atoms with Gasteiger partial charge in [-0.2, -0.15) is 18.3 Å². The van der Waals surface area contributed by atoms with E-state index in [-0.39, 0.29) is 10.5 Å². The van der Waals surface area contributed by atoms with Gasteiger partial charge in [-0.3, -0.25) is 9.67 Å². The summed E-state index contributed by atoms with van der Waals surface area (Å²) in [6, 6.07) is 11.5. The number of nitrogens with zero attached hydrogens (tertiary/aromatic N) is 3. The molecule has 4 nitrogen and oxygen atoms in total. The van der Waals surface area contributed by atoms with Crippen LogP contribution in [0.25, 0.3) is 28.2 Å². The van der Waals surface area contributed by atoms with Gasteiger partial charge in [0.05, 0.1) is 21.6 Å². The average Bonchev–Trinajstić information content (AvgIpc) is 3.28. The molecule has 0 saturated carbocycles. The van der Waals surface area contributed by atoms with Gasteiger partial charge in [0, 0.05) is 17.8 Å². The molecule has 4 aromatic rings. The predicted octanol–water partition coefficient (Wildman–Crippen LogP) is 5.87. The molecule has 9 heteroatoms. The van der Waals surface area contributed by atoms with Gasteiger partial charge in [0.1, 0.15) is 5.69 Å². The van der Waals surface area contributed by atoms with Crippen molar-refractivity contribution < 1.29 is 13.2 Å². The molecule has 144 valence electrons. The largest absolute Gasteiger partial charge is 0.417 e. The first-order valence-corrected chi connectivity index (χ1v) is 9.24. The zero-order valence-electron chi connectivity index (χ0n) is 14.3. The number of benzene rings is 2. The Kier molecular flexibility index (Phi) is 4.81. The van der Waals surface area contributed by atoms with E-state index in [1.807, 2.05) is 24.3 Å². The lowest BCUT2D eigenvalue weighted by atomic mass is 10.1. The molecule has 2 aromatic heterocycles. The molecule has 0 spiro atoms. The zero-order chi connectivity index (χ0) is 19.9. The first kappa shape index (κ1) is 18.8. The molecule has 2 aromatic carbocycles. The summed E-state index contributed by atoms with van der Waals surface area (Å²) in [5.41, 5.74) is 2.01. The lowest BCUT2D eigenvalue weighted by Gasteiger charge is -2.11. The Bertz CT molecular complexity index is 1120. The van der Waals surface area contributed by atoms with Crippen molar-refractivity contribution in [2.24, 2.45) is 0 Å². The number of rotatable bonds is 4. The minimum absolute atomic E-state index is 0.180. The Hall–Kier alpha value is -2.51. The van der Waals surface area contributed by atoms with Crippen molar-refractivity contribution >= 4 is 34.2 Å². The molecular formula is C19H13Cl2F3N4. The minimum Gasteiger partial charge on any atom is -0.291 e. The predicted molar refractivity (Wildman–Crippen MR) is 103 cm³/mol. The fraction of sp³-hybridized carbons (Fsp3) is 0.158. The third kappa shape index (κ3) is 3.36. The summed E-state index contributed by atoms with van der Waals surface area (Å²) in [5, 5.41) is 6.45. The van der Waals surface area contributed by atoms with Crippen molar-refractivity contribution in [3.05, 3.63) is 64.8 Å². The highest BCUT2D eigenvalue weighted by atomic mass is 35.5. The number of hydrogen-bond acceptors (Lipinski definition) is 2. The molecule has 0 aliphatic carbocycles. The fourth-order valence-corrected chi connectivity index (χ4v) is 3.54. The Labute approximate surface area is 167 Å². The second-order valence-corrected chi connectivity index (χ2v) is 6.94. The van der Waals surface area contributed by atoms with E-state index in [1.165, 1.54) is 6.07 Å². The van der Waals surface area contributed by atoms with E-state index in [0.29, 0.717) is 22.9 Å². The Morgan fingerprint density at radius 1 is 1.07 bits per heavy atom. The highest BCUT2D eigenvalue weighted by Crippen LogP contribution is 2.38. The molecule has 28 heavy (non-hydrogen) atoms. The van der Waals surface area contributed by atoms with Crippen LogP contribution >= 0.6 is 23.2 Å². The van der Waals surface area contributed by atoms with Gasteiger partial charge >= 0.3 is 6.18 Å². The van der Waals surface area contributed by atoms with Gasteiger partial charge in [-0.25, -0.2) is 4.98 Å². The Balaban J connectivity index is 1.97. The number of alkyl halides is 4. The number of hydrogen-bond donors (Lipinski definition) is 1. The summed E-state index contributed by atoms with van der Waals surface area (Å²) in [4.78, 5) is 4.41. The summed E-state index contributed by atoms with van der Waals surface area (Å²) >= 11 is 11.7. The van der Waals surface area contributed by atoms with E-state index < -0.39 is 11.7 Å². The molecule has 1 N–H and O–H groups in total. The van der Waals surface area contributed by atoms with Crippen LogP contribution in [-0.2, 0) is 12.6 Å². The molecule has 0 bridgehead atoms. The van der Waals surface area contributed by atoms with Gasteiger partial charge in [0.15, 0.2) is 5.82 Å². The van der Waals surface area contributed by atoms with E-state index >= 15 is 0 Å². The second-order valence-electron chi connectivity index (χ2n) is 6.15. The third-order valence-electron chi connectivity index (χ3n) is 4.36. The second kappa shape index (κ2) is 7.14. The van der Waals surface area contributed by atoms with E-state index in [4.69, 9.17) is 23.2 Å². The molecule has 0 atom stereocenters. The average molecular weight is 425 g/mol. The van der Waals surface area contributed by atoms with Gasteiger partial charge in [0.2, 0.25) is 0 Å². The number of nitrogens with one attached hydrogen (secondary N) is 1. The topological polar surface area (TPSA) is 46.5 Å². The smallest absolute Gasteiger partial charge is 0.291 e. The van der Waals surface area contributed by atoms with E-state index in [2.05, 4.69) is 15.2 Å². The monoisotopic (exact) mass is 424 g/mol. The van der Waals surface area contributed by atoms with Crippen LogP contribution in [0.2, 0.25) is 5.02 Å². The molecule has 0 aliphatic rings. The van der Waals surface area contributed by atoms with Crippen LogP contribution in [0.5, 0.6) is 0 Å². The van der Waals surface area contributed by atoms with Crippen molar-refractivity contribution in [1.29, 1.82) is 0 Å². The van der Waals surface area contributed by atoms with Crippen molar-refractivity contribution in [2.75, 3.05) is 5.88 Å². The van der Waals surface area contributed by atoms with Crippen molar-refractivity contribution in [3.8, 4) is 17.2 Å². The van der Waals surface area contributed by atoms with Crippen LogP contribution in [0.1, 0.15) is 11.1 Å². The maximum absolute atomic E-state index is 13.3. The molecule has 0 saturated heterocycles. The fourth-order valence-electron chi connectivity index (χ4n) is 3.05. The summed E-state index contributed by atoms with van der Waals surface area (Å²) < 4.78 is 41.5. The lowest BCUT2D eigenvalue weighted by molar-refractivity contribution is -0.137. The highest BCUT2D eigenvalue weighted by Gasteiger charge is 2.34.